The van der Waals surface area contributed by atoms with Crippen molar-refractivity contribution in [3.05, 3.63) is 64.7 Å². The molecule has 0 fully saturated rings. The van der Waals surface area contributed by atoms with E-state index >= 15 is 0 Å². The lowest BCUT2D eigenvalue weighted by molar-refractivity contribution is 0.306. The van der Waals surface area contributed by atoms with Gasteiger partial charge in [0, 0.05) is 5.02 Å². The predicted molar refractivity (Wildman–Crippen MR) is 67.0 cm³/mol. The fraction of sp³-hybridized carbons (Fsp3) is 0.143. The first kappa shape index (κ1) is 11.0. The van der Waals surface area contributed by atoms with Crippen molar-refractivity contribution in [2.75, 3.05) is 0 Å². The molecule has 0 N–H and O–H groups in total. The topological polar surface area (TPSA) is 9.23 Å². The maximum absolute atomic E-state index is 5.81. The normalized spacial score (nSPS) is 10.1. The quantitative estimate of drug-likeness (QED) is 0.770. The van der Waals surface area contributed by atoms with Crippen molar-refractivity contribution < 1.29 is 4.74 Å². The number of ether oxygens (including phenoxy) is 1. The van der Waals surface area contributed by atoms with Gasteiger partial charge < -0.3 is 4.74 Å². The van der Waals surface area contributed by atoms with Gasteiger partial charge >= 0.3 is 0 Å². The van der Waals surface area contributed by atoms with Gasteiger partial charge in [0.05, 0.1) is 0 Å². The molecule has 0 aliphatic carbocycles. The molecule has 1 nitrogen and oxygen atoms in total. The Bertz CT molecular complexity index is 400. The lowest BCUT2D eigenvalue weighted by Crippen LogP contribution is -1.94. The van der Waals surface area contributed by atoms with E-state index in [1.54, 1.807) is 0 Å². The van der Waals surface area contributed by atoms with Crippen LogP contribution in [0.3, 0.4) is 0 Å². The van der Waals surface area contributed by atoms with Gasteiger partial charge in [-0.25, -0.2) is 0 Å². The van der Waals surface area contributed by atoms with Crippen LogP contribution in [0.4, 0.5) is 0 Å². The molecule has 0 radical (unpaired) electrons. The molecule has 0 spiro atoms. The van der Waals surface area contributed by atoms with E-state index in [0.29, 0.717) is 6.61 Å². The van der Waals surface area contributed by atoms with E-state index in [-0.39, 0.29) is 0 Å². The molecule has 16 heavy (non-hydrogen) atoms. The summed E-state index contributed by atoms with van der Waals surface area (Å²) in [5, 5.41) is 0.749. The number of halogens is 1. The molecule has 0 aliphatic rings. The van der Waals surface area contributed by atoms with E-state index in [0.717, 1.165) is 16.3 Å². The molecular formula is C14H13ClO. The van der Waals surface area contributed by atoms with Crippen molar-refractivity contribution in [2.24, 2.45) is 0 Å². The number of hydrogen-bond donors (Lipinski definition) is 0. The molecule has 2 aromatic rings. The van der Waals surface area contributed by atoms with Crippen molar-refractivity contribution in [1.29, 1.82) is 0 Å². The first-order valence-electron chi connectivity index (χ1n) is 5.18. The van der Waals surface area contributed by atoms with Crippen molar-refractivity contribution >= 4 is 11.6 Å². The molecule has 0 unspecified atom stereocenters. The van der Waals surface area contributed by atoms with E-state index in [9.17, 15) is 0 Å². The zero-order valence-electron chi connectivity index (χ0n) is 9.11. The summed E-state index contributed by atoms with van der Waals surface area (Å²) in [6.45, 7) is 2.63. The van der Waals surface area contributed by atoms with Crippen molar-refractivity contribution in [3.8, 4) is 5.75 Å². The largest absolute Gasteiger partial charge is 0.489 e. The maximum Gasteiger partial charge on any atom is 0.119 e. The van der Waals surface area contributed by atoms with Crippen LogP contribution in [-0.4, -0.2) is 0 Å². The first-order chi connectivity index (χ1) is 7.74. The Balaban J connectivity index is 1.97. The fourth-order valence-electron chi connectivity index (χ4n) is 1.38. The van der Waals surface area contributed by atoms with E-state index < -0.39 is 0 Å². The highest BCUT2D eigenvalue weighted by molar-refractivity contribution is 6.30. The minimum absolute atomic E-state index is 0.570. The van der Waals surface area contributed by atoms with E-state index in [1.807, 2.05) is 48.5 Å². The highest BCUT2D eigenvalue weighted by atomic mass is 35.5. The smallest absolute Gasteiger partial charge is 0.119 e. The monoisotopic (exact) mass is 232 g/mol. The molecule has 0 saturated carbocycles. The first-order valence-corrected chi connectivity index (χ1v) is 5.56. The van der Waals surface area contributed by atoms with Crippen LogP contribution in [-0.2, 0) is 6.61 Å². The second-order valence-corrected chi connectivity index (χ2v) is 4.16. The molecule has 2 rings (SSSR count). The Hall–Kier alpha value is -1.47. The molecule has 82 valence electrons. The van der Waals surface area contributed by atoms with Crippen LogP contribution in [0, 0.1) is 6.92 Å². The third-order valence-electron chi connectivity index (χ3n) is 2.34. The average molecular weight is 233 g/mol. The Labute approximate surface area is 101 Å². The van der Waals surface area contributed by atoms with Gasteiger partial charge in [0.15, 0.2) is 0 Å². The Morgan fingerprint density at radius 1 is 0.938 bits per heavy atom. The van der Waals surface area contributed by atoms with Crippen molar-refractivity contribution in [1.82, 2.24) is 0 Å². The van der Waals surface area contributed by atoms with Crippen LogP contribution < -0.4 is 4.74 Å². The van der Waals surface area contributed by atoms with Crippen LogP contribution in [0.5, 0.6) is 5.75 Å². The van der Waals surface area contributed by atoms with Crippen LogP contribution in [0.2, 0.25) is 5.02 Å². The predicted octanol–water partition coefficient (Wildman–Crippen LogP) is 4.23. The number of aryl methyl sites for hydroxylation is 1. The molecule has 0 heterocycles. The SMILES string of the molecule is Cc1ccc(OCc2ccc(Cl)cc2)cc1. The van der Waals surface area contributed by atoms with E-state index in [2.05, 4.69) is 6.92 Å². The molecule has 0 aromatic heterocycles. The summed E-state index contributed by atoms with van der Waals surface area (Å²) in [5.74, 6) is 0.889. The summed E-state index contributed by atoms with van der Waals surface area (Å²) in [4.78, 5) is 0. The van der Waals surface area contributed by atoms with E-state index in [4.69, 9.17) is 16.3 Å². The van der Waals surface area contributed by atoms with Gasteiger partial charge in [-0.05, 0) is 36.8 Å². The van der Waals surface area contributed by atoms with Gasteiger partial charge in [-0.1, -0.05) is 41.4 Å². The Morgan fingerprint density at radius 2 is 1.56 bits per heavy atom. The molecule has 0 aliphatic heterocycles. The van der Waals surface area contributed by atoms with Crippen molar-refractivity contribution in [2.45, 2.75) is 13.5 Å². The summed E-state index contributed by atoms with van der Waals surface area (Å²) in [6.07, 6.45) is 0. The van der Waals surface area contributed by atoms with Gasteiger partial charge in [-0.2, -0.15) is 0 Å². The highest BCUT2D eigenvalue weighted by Crippen LogP contribution is 2.15. The summed E-state index contributed by atoms with van der Waals surface area (Å²) >= 11 is 5.81. The minimum Gasteiger partial charge on any atom is -0.489 e. The third-order valence-corrected chi connectivity index (χ3v) is 2.59. The second kappa shape index (κ2) is 5.04. The number of benzene rings is 2. The summed E-state index contributed by atoms with van der Waals surface area (Å²) in [7, 11) is 0. The summed E-state index contributed by atoms with van der Waals surface area (Å²) < 4.78 is 5.64. The average Bonchev–Trinajstić information content (AvgIpc) is 2.30. The van der Waals surface area contributed by atoms with E-state index in [1.165, 1.54) is 5.56 Å². The van der Waals surface area contributed by atoms with Crippen molar-refractivity contribution in [3.63, 3.8) is 0 Å². The standard InChI is InChI=1S/C14H13ClO/c1-11-2-8-14(9-3-11)16-10-12-4-6-13(15)7-5-12/h2-9H,10H2,1H3. The molecule has 0 saturated heterocycles. The van der Waals surface area contributed by atoms with Gasteiger partial charge in [-0.3, -0.25) is 0 Å². The maximum atomic E-state index is 5.81. The molecule has 0 atom stereocenters. The molecule has 0 amide bonds. The van der Waals surface area contributed by atoms with Crippen LogP contribution in [0.15, 0.2) is 48.5 Å². The minimum atomic E-state index is 0.570. The van der Waals surface area contributed by atoms with Crippen LogP contribution in [0.1, 0.15) is 11.1 Å². The zero-order chi connectivity index (χ0) is 11.4. The molecule has 2 heteroatoms. The molecule has 0 bridgehead atoms. The fourth-order valence-corrected chi connectivity index (χ4v) is 1.51. The second-order valence-electron chi connectivity index (χ2n) is 3.73. The Morgan fingerprint density at radius 3 is 2.19 bits per heavy atom. The van der Waals surface area contributed by atoms with Gasteiger partial charge in [0.1, 0.15) is 12.4 Å². The van der Waals surface area contributed by atoms with Gasteiger partial charge in [0.25, 0.3) is 0 Å². The lowest BCUT2D eigenvalue weighted by Gasteiger charge is -2.06. The highest BCUT2D eigenvalue weighted by Gasteiger charge is 1.95. The lowest BCUT2D eigenvalue weighted by atomic mass is 10.2. The van der Waals surface area contributed by atoms with Gasteiger partial charge in [-0.15, -0.1) is 0 Å². The zero-order valence-corrected chi connectivity index (χ0v) is 9.87. The van der Waals surface area contributed by atoms with Crippen LogP contribution in [0.25, 0.3) is 0 Å². The molecule has 2 aromatic carbocycles. The number of hydrogen-bond acceptors (Lipinski definition) is 1. The van der Waals surface area contributed by atoms with Crippen LogP contribution >= 0.6 is 11.6 Å². The summed E-state index contributed by atoms with van der Waals surface area (Å²) in [5.41, 5.74) is 2.35. The number of rotatable bonds is 3. The van der Waals surface area contributed by atoms with Gasteiger partial charge in [0.2, 0.25) is 0 Å². The Kier molecular flexibility index (Phi) is 3.47. The summed E-state index contributed by atoms with van der Waals surface area (Å²) in [6, 6.07) is 15.7. The third kappa shape index (κ3) is 3.01. The molecular weight excluding hydrogens is 220 g/mol.